The van der Waals surface area contributed by atoms with Crippen molar-refractivity contribution < 1.29 is 19.2 Å². The second-order valence-electron chi connectivity index (χ2n) is 6.85. The van der Waals surface area contributed by atoms with Crippen molar-refractivity contribution in [3.63, 3.8) is 0 Å². The average molecular weight is 319 g/mol. The highest BCUT2D eigenvalue weighted by Gasteiger charge is 2.26. The van der Waals surface area contributed by atoms with Crippen LogP contribution >= 0.6 is 0 Å². The lowest BCUT2D eigenvalue weighted by atomic mass is 9.92. The molecule has 2 N–H and O–H groups in total. The predicted molar refractivity (Wildman–Crippen MR) is 89.7 cm³/mol. The van der Waals surface area contributed by atoms with Crippen LogP contribution in [0.4, 0.5) is 5.69 Å². The second-order valence-corrected chi connectivity index (χ2v) is 6.85. The number of carbonyl (C=O) groups excluding carboxylic acids is 2. The molecule has 1 aliphatic rings. The Morgan fingerprint density at radius 2 is 1.91 bits per heavy atom. The van der Waals surface area contributed by atoms with Crippen LogP contribution in [0.2, 0.25) is 0 Å². The Labute approximate surface area is 138 Å². The van der Waals surface area contributed by atoms with E-state index in [1.807, 2.05) is 13.0 Å². The fourth-order valence-corrected chi connectivity index (χ4v) is 3.49. The van der Waals surface area contributed by atoms with Crippen molar-refractivity contribution in [3.05, 3.63) is 29.3 Å². The number of likely N-dealkylation sites (tertiary alicyclic amines) is 1. The zero-order valence-corrected chi connectivity index (χ0v) is 14.4. The molecular formula is C18H27N2O3+. The van der Waals surface area contributed by atoms with Gasteiger partial charge < -0.3 is 15.0 Å². The third-order valence-corrected chi connectivity index (χ3v) is 4.42. The number of piperidine rings is 1. The van der Waals surface area contributed by atoms with E-state index in [0.717, 1.165) is 18.7 Å². The monoisotopic (exact) mass is 319 g/mol. The van der Waals surface area contributed by atoms with Crippen molar-refractivity contribution in [2.75, 3.05) is 32.1 Å². The Kier molecular flexibility index (Phi) is 5.77. The number of benzene rings is 1. The summed E-state index contributed by atoms with van der Waals surface area (Å²) in [4.78, 5) is 25.3. The number of nitrogens with one attached hydrogen (secondary N) is 2. The van der Waals surface area contributed by atoms with Crippen molar-refractivity contribution in [2.24, 2.45) is 11.8 Å². The van der Waals surface area contributed by atoms with E-state index in [0.29, 0.717) is 29.6 Å². The maximum atomic E-state index is 12.3. The van der Waals surface area contributed by atoms with Crippen LogP contribution in [0.1, 0.15) is 36.2 Å². The maximum absolute atomic E-state index is 12.3. The lowest BCUT2D eigenvalue weighted by molar-refractivity contribution is -0.904. The summed E-state index contributed by atoms with van der Waals surface area (Å²) < 4.78 is 4.73. The molecule has 0 saturated carbocycles. The number of carbonyl (C=O) groups is 2. The first kappa shape index (κ1) is 17.5. The van der Waals surface area contributed by atoms with Crippen molar-refractivity contribution in [3.8, 4) is 0 Å². The maximum Gasteiger partial charge on any atom is 0.337 e. The number of esters is 1. The van der Waals surface area contributed by atoms with Gasteiger partial charge in [0.1, 0.15) is 0 Å². The molecule has 0 bridgehead atoms. The standard InChI is InChI=1S/C18H26N2O3/c1-12-7-13(2)10-20(9-12)11-17(21)19-16-8-15(18(22)23-4)6-5-14(16)3/h5-6,8,12-13H,7,9-11H2,1-4H3,(H,19,21)/p+1/t12-,13-/m1/s1. The minimum Gasteiger partial charge on any atom is -0.465 e. The van der Waals surface area contributed by atoms with Crippen molar-refractivity contribution >= 4 is 17.6 Å². The summed E-state index contributed by atoms with van der Waals surface area (Å²) in [5.41, 5.74) is 2.05. The number of ether oxygens (including phenoxy) is 1. The van der Waals surface area contributed by atoms with Crippen LogP contribution in [0.3, 0.4) is 0 Å². The van der Waals surface area contributed by atoms with Crippen molar-refractivity contribution in [1.29, 1.82) is 0 Å². The van der Waals surface area contributed by atoms with Crippen LogP contribution in [0.5, 0.6) is 0 Å². The molecule has 1 saturated heterocycles. The largest absolute Gasteiger partial charge is 0.465 e. The van der Waals surface area contributed by atoms with E-state index < -0.39 is 5.97 Å². The number of aryl methyl sites for hydroxylation is 1. The normalized spacial score (nSPS) is 24.1. The summed E-state index contributed by atoms with van der Waals surface area (Å²) in [5, 5.41) is 2.94. The first-order chi connectivity index (χ1) is 10.9. The summed E-state index contributed by atoms with van der Waals surface area (Å²) in [6.07, 6.45) is 1.24. The molecule has 0 aromatic heterocycles. The number of rotatable bonds is 4. The van der Waals surface area contributed by atoms with Gasteiger partial charge in [0.25, 0.3) is 5.91 Å². The summed E-state index contributed by atoms with van der Waals surface area (Å²) in [7, 11) is 1.35. The van der Waals surface area contributed by atoms with Crippen LogP contribution in [0.15, 0.2) is 18.2 Å². The highest BCUT2D eigenvalue weighted by atomic mass is 16.5. The van der Waals surface area contributed by atoms with Gasteiger partial charge in [0.05, 0.1) is 25.8 Å². The Morgan fingerprint density at radius 3 is 2.52 bits per heavy atom. The number of hydrogen-bond acceptors (Lipinski definition) is 3. The van der Waals surface area contributed by atoms with Crippen LogP contribution in [0, 0.1) is 18.8 Å². The average Bonchev–Trinajstić information content (AvgIpc) is 2.47. The molecule has 2 rings (SSSR count). The lowest BCUT2D eigenvalue weighted by Gasteiger charge is -2.31. The van der Waals surface area contributed by atoms with Gasteiger partial charge in [-0.1, -0.05) is 19.9 Å². The minimum atomic E-state index is -0.398. The quantitative estimate of drug-likeness (QED) is 0.822. The highest BCUT2D eigenvalue weighted by Crippen LogP contribution is 2.17. The van der Waals surface area contributed by atoms with E-state index in [1.54, 1.807) is 12.1 Å². The van der Waals surface area contributed by atoms with Gasteiger partial charge in [-0.05, 0) is 31.0 Å². The van der Waals surface area contributed by atoms with Gasteiger partial charge in [-0.15, -0.1) is 0 Å². The summed E-state index contributed by atoms with van der Waals surface area (Å²) in [6, 6.07) is 5.20. The zero-order valence-electron chi connectivity index (χ0n) is 14.4. The molecule has 23 heavy (non-hydrogen) atoms. The van der Waals surface area contributed by atoms with E-state index in [-0.39, 0.29) is 5.91 Å². The molecule has 5 heteroatoms. The number of anilines is 1. The van der Waals surface area contributed by atoms with Gasteiger partial charge in [-0.2, -0.15) is 0 Å². The third kappa shape index (κ3) is 4.79. The van der Waals surface area contributed by atoms with Gasteiger partial charge in [-0.3, -0.25) is 4.79 Å². The fourth-order valence-electron chi connectivity index (χ4n) is 3.49. The molecule has 2 atom stereocenters. The molecule has 126 valence electrons. The van der Waals surface area contributed by atoms with Crippen LogP contribution in [0.25, 0.3) is 0 Å². The van der Waals surface area contributed by atoms with E-state index in [9.17, 15) is 9.59 Å². The van der Waals surface area contributed by atoms with Crippen LogP contribution < -0.4 is 10.2 Å². The third-order valence-electron chi connectivity index (χ3n) is 4.42. The number of methoxy groups -OCH3 is 1. The Balaban J connectivity index is 2.01. The first-order valence-electron chi connectivity index (χ1n) is 8.21. The molecule has 1 aromatic carbocycles. The Bertz CT molecular complexity index is 576. The van der Waals surface area contributed by atoms with Crippen molar-refractivity contribution in [2.45, 2.75) is 27.2 Å². The van der Waals surface area contributed by atoms with Crippen LogP contribution in [-0.2, 0) is 9.53 Å². The van der Waals surface area contributed by atoms with E-state index in [1.165, 1.54) is 18.4 Å². The minimum absolute atomic E-state index is 0.00795. The number of quaternary nitrogens is 1. The fraction of sp³-hybridized carbons (Fsp3) is 0.556. The number of hydrogen-bond donors (Lipinski definition) is 2. The summed E-state index contributed by atoms with van der Waals surface area (Å²) >= 11 is 0. The van der Waals surface area contributed by atoms with E-state index in [4.69, 9.17) is 4.74 Å². The van der Waals surface area contributed by atoms with Gasteiger partial charge in [-0.25, -0.2) is 4.79 Å². The highest BCUT2D eigenvalue weighted by molar-refractivity contribution is 5.95. The van der Waals surface area contributed by atoms with Crippen molar-refractivity contribution in [1.82, 2.24) is 0 Å². The molecule has 1 aliphatic heterocycles. The SMILES string of the molecule is COC(=O)c1ccc(C)c(NC(=O)C[NH+]2C[C@H](C)C[C@@H](C)C2)c1. The number of amides is 1. The summed E-state index contributed by atoms with van der Waals surface area (Å²) in [6.45, 7) is 8.96. The van der Waals surface area contributed by atoms with Gasteiger partial charge in [0, 0.05) is 17.5 Å². The molecule has 5 nitrogen and oxygen atoms in total. The molecule has 1 heterocycles. The van der Waals surface area contributed by atoms with E-state index >= 15 is 0 Å². The Hall–Kier alpha value is -1.88. The zero-order chi connectivity index (χ0) is 17.0. The van der Waals surface area contributed by atoms with Crippen LogP contribution in [-0.4, -0.2) is 38.6 Å². The van der Waals surface area contributed by atoms with Gasteiger partial charge in [0.2, 0.25) is 0 Å². The molecule has 1 fully saturated rings. The predicted octanol–water partition coefficient (Wildman–Crippen LogP) is 1.28. The molecule has 1 aromatic rings. The Morgan fingerprint density at radius 1 is 1.26 bits per heavy atom. The lowest BCUT2D eigenvalue weighted by Crippen LogP contribution is -3.15. The molecule has 1 amide bonds. The summed E-state index contributed by atoms with van der Waals surface area (Å²) in [5.74, 6) is 0.910. The first-order valence-corrected chi connectivity index (χ1v) is 8.21. The van der Waals surface area contributed by atoms with Gasteiger partial charge >= 0.3 is 5.97 Å². The molecule has 0 radical (unpaired) electrons. The molecule has 0 unspecified atom stereocenters. The molecular weight excluding hydrogens is 292 g/mol. The second kappa shape index (κ2) is 7.59. The van der Waals surface area contributed by atoms with Gasteiger partial charge in [0.15, 0.2) is 6.54 Å². The topological polar surface area (TPSA) is 59.8 Å². The molecule has 0 spiro atoms. The van der Waals surface area contributed by atoms with E-state index in [2.05, 4.69) is 19.2 Å². The smallest absolute Gasteiger partial charge is 0.337 e. The molecule has 0 aliphatic carbocycles.